The van der Waals surface area contributed by atoms with Crippen LogP contribution in [0, 0.1) is 0 Å². The molecule has 94 valence electrons. The molecule has 0 radical (unpaired) electrons. The van der Waals surface area contributed by atoms with Gasteiger partial charge in [0.05, 0.1) is 6.10 Å². The fraction of sp³-hybridized carbons (Fsp3) is 0.571. The Morgan fingerprint density at radius 3 is 2.47 bits per heavy atom. The summed E-state index contributed by atoms with van der Waals surface area (Å²) < 4.78 is 5.77. The maximum absolute atomic E-state index is 5.77. The predicted molar refractivity (Wildman–Crippen MR) is 71.9 cm³/mol. The second-order valence-electron chi connectivity index (χ2n) is 4.57. The summed E-state index contributed by atoms with van der Waals surface area (Å²) in [7, 11) is 0. The van der Waals surface area contributed by atoms with Crippen LogP contribution in [-0.4, -0.2) is 32.3 Å². The number of piperazine rings is 1. The number of hydrogen-bond acceptors (Lipinski definition) is 3. The lowest BCUT2D eigenvalue weighted by Gasteiger charge is -2.29. The van der Waals surface area contributed by atoms with Crippen LogP contribution in [0.2, 0.25) is 0 Å². The van der Waals surface area contributed by atoms with Gasteiger partial charge in [-0.05, 0) is 37.6 Å². The van der Waals surface area contributed by atoms with Crippen LogP contribution >= 0.6 is 0 Å². The summed E-state index contributed by atoms with van der Waals surface area (Å²) in [5, 5.41) is 3.36. The highest BCUT2D eigenvalue weighted by Crippen LogP contribution is 2.20. The molecular formula is C14H22N2O. The van der Waals surface area contributed by atoms with E-state index in [0.29, 0.717) is 6.10 Å². The van der Waals surface area contributed by atoms with Gasteiger partial charge in [0, 0.05) is 31.9 Å². The largest absolute Gasteiger partial charge is 0.491 e. The first-order chi connectivity index (χ1) is 8.29. The summed E-state index contributed by atoms with van der Waals surface area (Å²) in [6.07, 6.45) is 1.33. The molecule has 1 aromatic carbocycles. The molecule has 3 heteroatoms. The smallest absolute Gasteiger partial charge is 0.119 e. The molecule has 3 nitrogen and oxygen atoms in total. The maximum Gasteiger partial charge on any atom is 0.119 e. The zero-order valence-corrected chi connectivity index (χ0v) is 10.8. The molecule has 0 bridgehead atoms. The molecule has 1 unspecified atom stereocenters. The van der Waals surface area contributed by atoms with Gasteiger partial charge in [-0.3, -0.25) is 0 Å². The summed E-state index contributed by atoms with van der Waals surface area (Å²) >= 11 is 0. The number of ether oxygens (including phenoxy) is 1. The monoisotopic (exact) mass is 234 g/mol. The van der Waals surface area contributed by atoms with Crippen LogP contribution in [0.25, 0.3) is 0 Å². The Bertz CT molecular complexity index is 331. The number of nitrogens with zero attached hydrogens (tertiary/aromatic N) is 1. The van der Waals surface area contributed by atoms with Crippen LogP contribution in [-0.2, 0) is 0 Å². The van der Waals surface area contributed by atoms with Gasteiger partial charge in [-0.15, -0.1) is 0 Å². The third-order valence-electron chi connectivity index (χ3n) is 3.23. The third kappa shape index (κ3) is 3.37. The van der Waals surface area contributed by atoms with Gasteiger partial charge in [0.15, 0.2) is 0 Å². The van der Waals surface area contributed by atoms with Gasteiger partial charge in [0.25, 0.3) is 0 Å². The van der Waals surface area contributed by atoms with E-state index in [1.54, 1.807) is 0 Å². The summed E-state index contributed by atoms with van der Waals surface area (Å²) in [5.41, 5.74) is 1.29. The van der Waals surface area contributed by atoms with Crippen molar-refractivity contribution in [1.29, 1.82) is 0 Å². The summed E-state index contributed by atoms with van der Waals surface area (Å²) in [5.74, 6) is 0.971. The molecule has 17 heavy (non-hydrogen) atoms. The number of benzene rings is 1. The van der Waals surface area contributed by atoms with Crippen LogP contribution in [0.4, 0.5) is 5.69 Å². The lowest BCUT2D eigenvalue weighted by molar-refractivity contribution is 0.217. The molecule has 1 heterocycles. The van der Waals surface area contributed by atoms with Crippen molar-refractivity contribution in [1.82, 2.24) is 5.32 Å². The molecule has 0 amide bonds. The normalized spacial score (nSPS) is 17.9. The summed E-state index contributed by atoms with van der Waals surface area (Å²) in [4.78, 5) is 2.41. The van der Waals surface area contributed by atoms with Crippen LogP contribution < -0.4 is 15.0 Å². The molecule has 2 rings (SSSR count). The minimum atomic E-state index is 0.292. The number of nitrogens with one attached hydrogen (secondary N) is 1. The Morgan fingerprint density at radius 1 is 1.24 bits per heavy atom. The lowest BCUT2D eigenvalue weighted by Crippen LogP contribution is -2.43. The molecule has 0 spiro atoms. The van der Waals surface area contributed by atoms with E-state index in [2.05, 4.69) is 48.3 Å². The van der Waals surface area contributed by atoms with E-state index in [0.717, 1.165) is 38.3 Å². The molecule has 1 fully saturated rings. The molecule has 0 saturated carbocycles. The van der Waals surface area contributed by atoms with Gasteiger partial charge < -0.3 is 15.0 Å². The third-order valence-corrected chi connectivity index (χ3v) is 3.23. The van der Waals surface area contributed by atoms with Crippen molar-refractivity contribution in [2.75, 3.05) is 31.1 Å². The van der Waals surface area contributed by atoms with Crippen LogP contribution in [0.15, 0.2) is 24.3 Å². The summed E-state index contributed by atoms with van der Waals surface area (Å²) in [6, 6.07) is 8.46. The first-order valence-corrected chi connectivity index (χ1v) is 6.52. The molecule has 1 N–H and O–H groups in total. The van der Waals surface area contributed by atoms with Crippen molar-refractivity contribution in [2.24, 2.45) is 0 Å². The van der Waals surface area contributed by atoms with Crippen molar-refractivity contribution < 1.29 is 4.74 Å². The van der Waals surface area contributed by atoms with Crippen LogP contribution in [0.1, 0.15) is 20.3 Å². The fourth-order valence-corrected chi connectivity index (χ4v) is 1.97. The average molecular weight is 234 g/mol. The van der Waals surface area contributed by atoms with Crippen molar-refractivity contribution in [3.05, 3.63) is 24.3 Å². The number of rotatable bonds is 4. The second-order valence-corrected chi connectivity index (χ2v) is 4.57. The van der Waals surface area contributed by atoms with Gasteiger partial charge in [0.1, 0.15) is 5.75 Å². The SMILES string of the molecule is CCC(C)Oc1ccc(N2CCNCC2)cc1. The van der Waals surface area contributed by atoms with E-state index in [4.69, 9.17) is 4.74 Å². The first-order valence-electron chi connectivity index (χ1n) is 6.52. The molecule has 1 aliphatic rings. The summed E-state index contributed by atoms with van der Waals surface area (Å²) in [6.45, 7) is 8.57. The van der Waals surface area contributed by atoms with E-state index in [-0.39, 0.29) is 0 Å². The van der Waals surface area contributed by atoms with Gasteiger partial charge in [0.2, 0.25) is 0 Å². The minimum absolute atomic E-state index is 0.292. The van der Waals surface area contributed by atoms with Gasteiger partial charge in [-0.25, -0.2) is 0 Å². The molecule has 1 atom stereocenters. The Labute approximate surface area is 104 Å². The second kappa shape index (κ2) is 5.92. The Balaban J connectivity index is 1.97. The highest BCUT2D eigenvalue weighted by atomic mass is 16.5. The molecule has 1 saturated heterocycles. The van der Waals surface area contributed by atoms with Gasteiger partial charge in [-0.1, -0.05) is 6.92 Å². The maximum atomic E-state index is 5.77. The Morgan fingerprint density at radius 2 is 1.88 bits per heavy atom. The van der Waals surface area contributed by atoms with E-state index in [9.17, 15) is 0 Å². The van der Waals surface area contributed by atoms with Crippen molar-refractivity contribution in [3.63, 3.8) is 0 Å². The Hall–Kier alpha value is -1.22. The zero-order chi connectivity index (χ0) is 12.1. The van der Waals surface area contributed by atoms with Crippen molar-refractivity contribution >= 4 is 5.69 Å². The predicted octanol–water partition coefficient (Wildman–Crippen LogP) is 2.27. The quantitative estimate of drug-likeness (QED) is 0.865. The van der Waals surface area contributed by atoms with E-state index in [1.165, 1.54) is 5.69 Å². The highest BCUT2D eigenvalue weighted by Gasteiger charge is 2.10. The van der Waals surface area contributed by atoms with Crippen molar-refractivity contribution in [3.8, 4) is 5.75 Å². The molecule has 0 aliphatic carbocycles. The van der Waals surface area contributed by atoms with Gasteiger partial charge in [-0.2, -0.15) is 0 Å². The van der Waals surface area contributed by atoms with E-state index >= 15 is 0 Å². The minimum Gasteiger partial charge on any atom is -0.491 e. The molecule has 1 aliphatic heterocycles. The fourth-order valence-electron chi connectivity index (χ4n) is 1.97. The van der Waals surface area contributed by atoms with Crippen LogP contribution in [0.5, 0.6) is 5.75 Å². The van der Waals surface area contributed by atoms with Crippen molar-refractivity contribution in [2.45, 2.75) is 26.4 Å². The molecular weight excluding hydrogens is 212 g/mol. The highest BCUT2D eigenvalue weighted by molar-refractivity contribution is 5.49. The van der Waals surface area contributed by atoms with Gasteiger partial charge >= 0.3 is 0 Å². The number of hydrogen-bond donors (Lipinski definition) is 1. The topological polar surface area (TPSA) is 24.5 Å². The first kappa shape index (κ1) is 12.2. The van der Waals surface area contributed by atoms with Crippen LogP contribution in [0.3, 0.4) is 0 Å². The Kier molecular flexibility index (Phi) is 4.26. The lowest BCUT2D eigenvalue weighted by atomic mass is 10.2. The standard InChI is InChI=1S/C14H22N2O/c1-3-12(2)17-14-6-4-13(5-7-14)16-10-8-15-9-11-16/h4-7,12,15H,3,8-11H2,1-2H3. The average Bonchev–Trinajstić information content (AvgIpc) is 2.40. The van der Waals surface area contributed by atoms with E-state index < -0.39 is 0 Å². The van der Waals surface area contributed by atoms with E-state index in [1.807, 2.05) is 0 Å². The molecule has 0 aromatic heterocycles. The number of anilines is 1. The molecule has 1 aromatic rings. The zero-order valence-electron chi connectivity index (χ0n) is 10.8.